The normalized spacial score (nSPS) is 11.4. The number of hydrogen-bond donors (Lipinski definition) is 1. The fraction of sp³-hybridized carbons (Fsp3) is 0.417. The molecule has 80 valence electrons. The average Bonchev–Trinajstić information content (AvgIpc) is 2.60. The lowest BCUT2D eigenvalue weighted by Crippen LogP contribution is -2.01. The highest BCUT2D eigenvalue weighted by Gasteiger charge is 2.15. The van der Waals surface area contributed by atoms with Crippen molar-refractivity contribution in [1.29, 1.82) is 0 Å². The summed E-state index contributed by atoms with van der Waals surface area (Å²) in [7, 11) is 0. The third-order valence-corrected chi connectivity index (χ3v) is 2.97. The van der Waals surface area contributed by atoms with Crippen LogP contribution in [0.1, 0.15) is 38.3 Å². The number of nitrogens with zero attached hydrogens (tertiary/aromatic N) is 2. The lowest BCUT2D eigenvalue weighted by Gasteiger charge is -2.09. The largest absolute Gasteiger partial charge is 0.383 e. The van der Waals surface area contributed by atoms with Crippen LogP contribution in [-0.4, -0.2) is 9.38 Å². The number of pyridine rings is 1. The summed E-state index contributed by atoms with van der Waals surface area (Å²) in [5.41, 5.74) is 8.08. The molecule has 0 amide bonds. The molecule has 0 fully saturated rings. The highest BCUT2D eigenvalue weighted by Crippen LogP contribution is 2.27. The van der Waals surface area contributed by atoms with Gasteiger partial charge in [-0.25, -0.2) is 4.98 Å². The zero-order valence-electron chi connectivity index (χ0n) is 9.27. The van der Waals surface area contributed by atoms with E-state index in [1.165, 1.54) is 0 Å². The van der Waals surface area contributed by atoms with E-state index >= 15 is 0 Å². The molecule has 2 aromatic rings. The first-order valence-electron chi connectivity index (χ1n) is 5.50. The monoisotopic (exact) mass is 203 g/mol. The third-order valence-electron chi connectivity index (χ3n) is 2.97. The van der Waals surface area contributed by atoms with Gasteiger partial charge in [-0.3, -0.25) is 4.40 Å². The Bertz CT molecular complexity index is 455. The van der Waals surface area contributed by atoms with Gasteiger partial charge in [0.25, 0.3) is 0 Å². The van der Waals surface area contributed by atoms with Gasteiger partial charge in [0.1, 0.15) is 11.5 Å². The molecule has 0 saturated carbocycles. The first-order valence-corrected chi connectivity index (χ1v) is 5.50. The summed E-state index contributed by atoms with van der Waals surface area (Å²) in [5.74, 6) is 1.27. The van der Waals surface area contributed by atoms with Gasteiger partial charge in [0.05, 0.1) is 5.69 Å². The van der Waals surface area contributed by atoms with Gasteiger partial charge in [0.2, 0.25) is 0 Å². The van der Waals surface area contributed by atoms with Crippen LogP contribution in [-0.2, 0) is 0 Å². The molecule has 0 atom stereocenters. The predicted molar refractivity (Wildman–Crippen MR) is 62.9 cm³/mol. The van der Waals surface area contributed by atoms with E-state index in [4.69, 9.17) is 5.73 Å². The number of hydrogen-bond acceptors (Lipinski definition) is 2. The van der Waals surface area contributed by atoms with Crippen molar-refractivity contribution < 1.29 is 0 Å². The van der Waals surface area contributed by atoms with Crippen molar-refractivity contribution in [2.45, 2.75) is 32.6 Å². The van der Waals surface area contributed by atoms with Crippen LogP contribution in [0.3, 0.4) is 0 Å². The van der Waals surface area contributed by atoms with E-state index in [0.29, 0.717) is 5.92 Å². The summed E-state index contributed by atoms with van der Waals surface area (Å²) in [6.07, 6.45) is 4.14. The van der Waals surface area contributed by atoms with Crippen LogP contribution in [0.5, 0.6) is 0 Å². The first kappa shape index (κ1) is 10.0. The van der Waals surface area contributed by atoms with Gasteiger partial charge >= 0.3 is 0 Å². The van der Waals surface area contributed by atoms with Gasteiger partial charge in [0, 0.05) is 12.1 Å². The highest BCUT2D eigenvalue weighted by molar-refractivity contribution is 5.53. The molecule has 0 aliphatic carbocycles. The summed E-state index contributed by atoms with van der Waals surface area (Å²) in [4.78, 5) is 4.59. The summed E-state index contributed by atoms with van der Waals surface area (Å²) < 4.78 is 1.95. The lowest BCUT2D eigenvalue weighted by molar-refractivity contribution is 0.629. The predicted octanol–water partition coefficient (Wildman–Crippen LogP) is 2.82. The van der Waals surface area contributed by atoms with Gasteiger partial charge in [-0.15, -0.1) is 0 Å². The molecule has 0 spiro atoms. The highest BCUT2D eigenvalue weighted by atomic mass is 15.1. The number of rotatable bonds is 3. The topological polar surface area (TPSA) is 43.3 Å². The quantitative estimate of drug-likeness (QED) is 0.833. The van der Waals surface area contributed by atoms with E-state index in [0.717, 1.165) is 30.0 Å². The Balaban J connectivity index is 2.57. The minimum atomic E-state index is 0.477. The average molecular weight is 203 g/mol. The van der Waals surface area contributed by atoms with E-state index in [1.54, 1.807) is 0 Å². The van der Waals surface area contributed by atoms with Crippen molar-refractivity contribution in [3.8, 4) is 0 Å². The van der Waals surface area contributed by atoms with Gasteiger partial charge in [-0.05, 0) is 25.0 Å². The maximum Gasteiger partial charge on any atom is 0.138 e. The molecule has 3 nitrogen and oxygen atoms in total. The summed E-state index contributed by atoms with van der Waals surface area (Å²) in [5, 5.41) is 0. The maximum absolute atomic E-state index is 6.09. The lowest BCUT2D eigenvalue weighted by atomic mass is 10.00. The molecule has 0 radical (unpaired) electrons. The number of anilines is 1. The van der Waals surface area contributed by atoms with Gasteiger partial charge in [-0.2, -0.15) is 0 Å². The molecular weight excluding hydrogens is 186 g/mol. The Kier molecular flexibility index (Phi) is 2.62. The number of nitrogen functional groups attached to an aromatic ring is 1. The van der Waals surface area contributed by atoms with E-state index in [9.17, 15) is 0 Å². The second kappa shape index (κ2) is 3.93. The van der Waals surface area contributed by atoms with Crippen LogP contribution in [0.15, 0.2) is 24.4 Å². The standard InChI is InChI=1S/C12H17N3/c1-3-9(4-2)11-12(13)15-8-6-5-7-10(15)14-11/h5-9H,3-4,13H2,1-2H3. The fourth-order valence-corrected chi connectivity index (χ4v) is 2.01. The number of aromatic nitrogens is 2. The van der Waals surface area contributed by atoms with Gasteiger partial charge < -0.3 is 5.73 Å². The molecule has 2 rings (SSSR count). The Morgan fingerprint density at radius 3 is 2.67 bits per heavy atom. The zero-order chi connectivity index (χ0) is 10.8. The van der Waals surface area contributed by atoms with Crippen molar-refractivity contribution >= 4 is 11.5 Å². The van der Waals surface area contributed by atoms with E-state index in [2.05, 4.69) is 18.8 Å². The molecule has 2 aromatic heterocycles. The van der Waals surface area contributed by atoms with Crippen LogP contribution in [0.25, 0.3) is 5.65 Å². The molecule has 0 aliphatic rings. The Hall–Kier alpha value is -1.51. The maximum atomic E-state index is 6.09. The minimum Gasteiger partial charge on any atom is -0.383 e. The smallest absolute Gasteiger partial charge is 0.138 e. The molecular formula is C12H17N3. The SMILES string of the molecule is CCC(CC)c1nc2ccccn2c1N. The zero-order valence-corrected chi connectivity index (χ0v) is 9.27. The Morgan fingerprint density at radius 2 is 2.07 bits per heavy atom. The van der Waals surface area contributed by atoms with Crippen molar-refractivity contribution in [3.05, 3.63) is 30.1 Å². The van der Waals surface area contributed by atoms with Crippen molar-refractivity contribution in [1.82, 2.24) is 9.38 Å². The molecule has 15 heavy (non-hydrogen) atoms. The molecule has 0 saturated heterocycles. The second-order valence-corrected chi connectivity index (χ2v) is 3.82. The van der Waals surface area contributed by atoms with E-state index in [1.807, 2.05) is 28.8 Å². The molecule has 2 N–H and O–H groups in total. The van der Waals surface area contributed by atoms with Gasteiger partial charge in [0.15, 0.2) is 0 Å². The van der Waals surface area contributed by atoms with Crippen LogP contribution in [0.4, 0.5) is 5.82 Å². The Labute approximate surface area is 89.9 Å². The Morgan fingerprint density at radius 1 is 1.33 bits per heavy atom. The van der Waals surface area contributed by atoms with E-state index < -0.39 is 0 Å². The molecule has 0 aliphatic heterocycles. The fourth-order valence-electron chi connectivity index (χ4n) is 2.01. The van der Waals surface area contributed by atoms with Crippen LogP contribution in [0.2, 0.25) is 0 Å². The second-order valence-electron chi connectivity index (χ2n) is 3.82. The van der Waals surface area contributed by atoms with Gasteiger partial charge in [-0.1, -0.05) is 19.9 Å². The molecule has 2 heterocycles. The van der Waals surface area contributed by atoms with Crippen molar-refractivity contribution in [2.75, 3.05) is 5.73 Å². The van der Waals surface area contributed by atoms with Crippen LogP contribution < -0.4 is 5.73 Å². The van der Waals surface area contributed by atoms with Crippen LogP contribution in [0, 0.1) is 0 Å². The number of fused-ring (bicyclic) bond motifs is 1. The van der Waals surface area contributed by atoms with Crippen LogP contribution >= 0.6 is 0 Å². The first-order chi connectivity index (χ1) is 7.27. The molecule has 0 bridgehead atoms. The third kappa shape index (κ3) is 1.58. The summed E-state index contributed by atoms with van der Waals surface area (Å²) in [6, 6.07) is 5.95. The van der Waals surface area contributed by atoms with Crippen molar-refractivity contribution in [3.63, 3.8) is 0 Å². The van der Waals surface area contributed by atoms with Crippen molar-refractivity contribution in [2.24, 2.45) is 0 Å². The minimum absolute atomic E-state index is 0.477. The summed E-state index contributed by atoms with van der Waals surface area (Å²) >= 11 is 0. The molecule has 3 heteroatoms. The van der Waals surface area contributed by atoms with E-state index in [-0.39, 0.29) is 0 Å². The number of nitrogens with two attached hydrogens (primary N) is 1. The number of imidazole rings is 1. The molecule has 0 unspecified atom stereocenters. The summed E-state index contributed by atoms with van der Waals surface area (Å²) in [6.45, 7) is 4.36. The molecule has 0 aromatic carbocycles.